The van der Waals surface area contributed by atoms with Gasteiger partial charge in [0.2, 0.25) is 0 Å². The summed E-state index contributed by atoms with van der Waals surface area (Å²) in [7, 11) is 0. The molecule has 94 valence electrons. The number of rotatable bonds is 2. The van der Waals surface area contributed by atoms with Crippen molar-refractivity contribution < 1.29 is 9.90 Å². The van der Waals surface area contributed by atoms with Crippen LogP contribution in [-0.4, -0.2) is 25.8 Å². The van der Waals surface area contributed by atoms with E-state index in [2.05, 4.69) is 26.0 Å². The highest BCUT2D eigenvalue weighted by Crippen LogP contribution is 2.24. The number of hydrogen-bond acceptors (Lipinski definition) is 4. The molecule has 0 amide bonds. The topological polar surface area (TPSA) is 94.0 Å². The number of carboxylic acids is 1. The highest BCUT2D eigenvalue weighted by atomic mass is 79.9. The Morgan fingerprint density at radius 2 is 2.11 bits per heavy atom. The van der Waals surface area contributed by atoms with E-state index in [0.717, 1.165) is 15.9 Å². The zero-order valence-electron chi connectivity index (χ0n) is 9.81. The minimum absolute atomic E-state index is 0.0668. The normalized spacial score (nSPS) is 10.6. The zero-order chi connectivity index (χ0) is 13.4. The lowest BCUT2D eigenvalue weighted by Crippen LogP contribution is -2.10. The highest BCUT2D eigenvalue weighted by Gasteiger charge is 2.15. The van der Waals surface area contributed by atoms with E-state index in [9.17, 15) is 4.79 Å². The average molecular weight is 311 g/mol. The van der Waals surface area contributed by atoms with Gasteiger partial charge in [-0.1, -0.05) is 0 Å². The second kappa shape index (κ2) is 4.41. The van der Waals surface area contributed by atoms with Crippen LogP contribution in [-0.2, 0) is 0 Å². The molecule has 7 heteroatoms. The number of carbonyl (C=O) groups is 1. The van der Waals surface area contributed by atoms with Crippen molar-refractivity contribution in [2.45, 2.75) is 13.8 Å². The summed E-state index contributed by atoms with van der Waals surface area (Å²) in [6, 6.07) is 2.87. The van der Waals surface area contributed by atoms with Gasteiger partial charge in [0.05, 0.1) is 21.5 Å². The third-order valence-corrected chi connectivity index (χ3v) is 3.68. The molecule has 0 saturated carbocycles. The van der Waals surface area contributed by atoms with E-state index >= 15 is 0 Å². The standard InChI is InChI=1S/C11H11BrN4O2/c1-5-9(12)6(2)16(15-5)10-7(13)3-4-8(14-10)11(17)18/h3-4H,13H2,1-2H3,(H,17,18). The molecule has 3 N–H and O–H groups in total. The number of carboxylic acid groups (broad SMARTS) is 1. The molecule has 2 aromatic rings. The van der Waals surface area contributed by atoms with Crippen molar-refractivity contribution >= 4 is 27.6 Å². The lowest BCUT2D eigenvalue weighted by Gasteiger charge is -2.07. The number of nitrogens with two attached hydrogens (primary N) is 1. The Labute approximate surface area is 112 Å². The number of aromatic carboxylic acids is 1. The van der Waals surface area contributed by atoms with Crippen molar-refractivity contribution in [2.24, 2.45) is 0 Å². The van der Waals surface area contributed by atoms with Crippen LogP contribution >= 0.6 is 15.9 Å². The molecule has 0 spiro atoms. The fraction of sp³-hybridized carbons (Fsp3) is 0.182. The van der Waals surface area contributed by atoms with Crippen molar-refractivity contribution in [3.63, 3.8) is 0 Å². The quantitative estimate of drug-likeness (QED) is 0.884. The van der Waals surface area contributed by atoms with Crippen LogP contribution in [0.2, 0.25) is 0 Å². The molecule has 0 aromatic carbocycles. The van der Waals surface area contributed by atoms with Crippen LogP contribution in [0.15, 0.2) is 16.6 Å². The number of aryl methyl sites for hydroxylation is 1. The summed E-state index contributed by atoms with van der Waals surface area (Å²) in [5.41, 5.74) is 7.73. The van der Waals surface area contributed by atoms with Gasteiger partial charge in [-0.15, -0.1) is 0 Å². The molecule has 0 aliphatic heterocycles. The lowest BCUT2D eigenvalue weighted by molar-refractivity contribution is 0.0690. The van der Waals surface area contributed by atoms with Crippen molar-refractivity contribution in [3.05, 3.63) is 33.7 Å². The summed E-state index contributed by atoms with van der Waals surface area (Å²) in [6.07, 6.45) is 0. The number of hydrogen-bond donors (Lipinski definition) is 2. The summed E-state index contributed by atoms with van der Waals surface area (Å²) in [6.45, 7) is 3.68. The first-order valence-electron chi connectivity index (χ1n) is 5.13. The van der Waals surface area contributed by atoms with Gasteiger partial charge in [0.25, 0.3) is 0 Å². The molecular formula is C11H11BrN4O2. The van der Waals surface area contributed by atoms with Gasteiger partial charge >= 0.3 is 5.97 Å². The van der Waals surface area contributed by atoms with Crippen LogP contribution in [0.4, 0.5) is 5.69 Å². The Hall–Kier alpha value is -1.89. The maximum atomic E-state index is 10.9. The second-order valence-corrected chi connectivity index (χ2v) is 4.60. The van der Waals surface area contributed by atoms with Gasteiger partial charge in [0, 0.05) is 0 Å². The summed E-state index contributed by atoms with van der Waals surface area (Å²) >= 11 is 3.40. The summed E-state index contributed by atoms with van der Waals surface area (Å²) in [5.74, 6) is -0.780. The summed E-state index contributed by atoms with van der Waals surface area (Å²) in [4.78, 5) is 14.9. The average Bonchev–Trinajstić information content (AvgIpc) is 2.57. The van der Waals surface area contributed by atoms with E-state index in [0.29, 0.717) is 11.5 Å². The van der Waals surface area contributed by atoms with Gasteiger partial charge in [0.15, 0.2) is 11.5 Å². The Kier molecular flexibility index (Phi) is 3.08. The van der Waals surface area contributed by atoms with Crippen LogP contribution in [0.25, 0.3) is 5.82 Å². The van der Waals surface area contributed by atoms with Crippen molar-refractivity contribution in [3.8, 4) is 5.82 Å². The zero-order valence-corrected chi connectivity index (χ0v) is 11.4. The number of aromatic nitrogens is 3. The Morgan fingerprint density at radius 3 is 2.61 bits per heavy atom. The van der Waals surface area contributed by atoms with E-state index < -0.39 is 5.97 Å². The Bertz CT molecular complexity index is 636. The molecule has 0 fully saturated rings. The smallest absolute Gasteiger partial charge is 0.354 e. The number of pyridine rings is 1. The molecule has 0 aliphatic rings. The monoisotopic (exact) mass is 310 g/mol. The first-order valence-corrected chi connectivity index (χ1v) is 5.93. The predicted octanol–water partition coefficient (Wildman–Crippen LogP) is 1.93. The third kappa shape index (κ3) is 1.97. The van der Waals surface area contributed by atoms with E-state index in [1.807, 2.05) is 13.8 Å². The molecule has 2 aromatic heterocycles. The highest BCUT2D eigenvalue weighted by molar-refractivity contribution is 9.10. The van der Waals surface area contributed by atoms with Crippen molar-refractivity contribution in [2.75, 3.05) is 5.73 Å². The molecular weight excluding hydrogens is 300 g/mol. The van der Waals surface area contributed by atoms with Crippen LogP contribution in [0.3, 0.4) is 0 Å². The molecule has 18 heavy (non-hydrogen) atoms. The van der Waals surface area contributed by atoms with Gasteiger partial charge in [-0.3, -0.25) is 0 Å². The molecule has 0 atom stereocenters. The fourth-order valence-electron chi connectivity index (χ4n) is 1.58. The molecule has 2 rings (SSSR count). The number of nitrogen functional groups attached to an aromatic ring is 1. The van der Waals surface area contributed by atoms with Crippen LogP contribution < -0.4 is 5.73 Å². The van der Waals surface area contributed by atoms with Crippen molar-refractivity contribution in [1.82, 2.24) is 14.8 Å². The SMILES string of the molecule is Cc1nn(-c2nc(C(=O)O)ccc2N)c(C)c1Br. The van der Waals surface area contributed by atoms with Gasteiger partial charge < -0.3 is 10.8 Å². The second-order valence-electron chi connectivity index (χ2n) is 3.81. The van der Waals surface area contributed by atoms with Gasteiger partial charge in [-0.2, -0.15) is 5.10 Å². The largest absolute Gasteiger partial charge is 0.477 e. The van der Waals surface area contributed by atoms with Crippen LogP contribution in [0.5, 0.6) is 0 Å². The maximum Gasteiger partial charge on any atom is 0.354 e. The molecule has 0 aliphatic carbocycles. The van der Waals surface area contributed by atoms with Gasteiger partial charge in [-0.25, -0.2) is 14.5 Å². The number of halogens is 1. The number of anilines is 1. The fourth-order valence-corrected chi connectivity index (χ4v) is 1.83. The molecule has 0 unspecified atom stereocenters. The molecule has 0 bridgehead atoms. The molecule has 0 saturated heterocycles. The van der Waals surface area contributed by atoms with Gasteiger partial charge in [0.1, 0.15) is 0 Å². The lowest BCUT2D eigenvalue weighted by atomic mass is 10.3. The maximum absolute atomic E-state index is 10.9. The third-order valence-electron chi connectivity index (χ3n) is 2.53. The Morgan fingerprint density at radius 1 is 1.44 bits per heavy atom. The molecule has 0 radical (unpaired) electrons. The molecule has 2 heterocycles. The van der Waals surface area contributed by atoms with E-state index in [-0.39, 0.29) is 5.69 Å². The van der Waals surface area contributed by atoms with Crippen molar-refractivity contribution in [1.29, 1.82) is 0 Å². The number of nitrogens with zero attached hydrogens (tertiary/aromatic N) is 3. The van der Waals surface area contributed by atoms with Gasteiger partial charge in [-0.05, 0) is 41.9 Å². The first-order chi connectivity index (χ1) is 8.41. The summed E-state index contributed by atoms with van der Waals surface area (Å²) < 4.78 is 2.38. The minimum Gasteiger partial charge on any atom is -0.477 e. The summed E-state index contributed by atoms with van der Waals surface area (Å²) in [5, 5.41) is 13.2. The van der Waals surface area contributed by atoms with E-state index in [1.54, 1.807) is 0 Å². The predicted molar refractivity (Wildman–Crippen MR) is 69.9 cm³/mol. The van der Waals surface area contributed by atoms with E-state index in [4.69, 9.17) is 10.8 Å². The first kappa shape index (κ1) is 12.6. The minimum atomic E-state index is -1.10. The van der Waals surface area contributed by atoms with Crippen LogP contribution in [0, 0.1) is 13.8 Å². The molecule has 6 nitrogen and oxygen atoms in total. The van der Waals surface area contributed by atoms with Crippen LogP contribution in [0.1, 0.15) is 21.9 Å². The Balaban J connectivity index is 2.66. The van der Waals surface area contributed by atoms with E-state index in [1.165, 1.54) is 16.8 Å².